The Morgan fingerprint density at radius 1 is 1.09 bits per heavy atom. The van der Waals surface area contributed by atoms with E-state index in [2.05, 4.69) is 10.6 Å². The molecule has 0 fully saturated rings. The molecule has 3 aromatic rings. The number of benzene rings is 2. The number of carbonyl (C=O) groups is 1. The maximum Gasteiger partial charge on any atom is 0.332 e. The molecule has 12 heteroatoms. The van der Waals surface area contributed by atoms with Crippen LogP contribution in [-0.4, -0.2) is 23.5 Å². The lowest BCUT2D eigenvalue weighted by Crippen LogP contribution is -2.45. The van der Waals surface area contributed by atoms with Crippen LogP contribution in [0.15, 0.2) is 74.1 Å². The minimum atomic E-state index is -4.60. The molecule has 2 heterocycles. The van der Waals surface area contributed by atoms with Crippen molar-refractivity contribution < 1.29 is 17.6 Å². The molecule has 0 unspecified atom stereocenters. The van der Waals surface area contributed by atoms with Gasteiger partial charge in [0.05, 0.1) is 18.2 Å². The van der Waals surface area contributed by atoms with Crippen molar-refractivity contribution in [1.82, 2.24) is 14.5 Å². The highest BCUT2D eigenvalue weighted by atomic mass is 32.2. The van der Waals surface area contributed by atoms with Crippen molar-refractivity contribution in [3.8, 4) is 6.07 Å². The van der Waals surface area contributed by atoms with Crippen molar-refractivity contribution in [3.63, 3.8) is 0 Å². The molecular weight excluding hydrogens is 477 g/mol. The summed E-state index contributed by atoms with van der Waals surface area (Å²) in [6.07, 6.45) is 0.918. The second kappa shape index (κ2) is 9.03. The van der Waals surface area contributed by atoms with Crippen molar-refractivity contribution >= 4 is 21.6 Å². The van der Waals surface area contributed by atoms with E-state index in [1.165, 1.54) is 43.4 Å². The number of hydrogen-bond donors (Lipinski definition) is 2. The van der Waals surface area contributed by atoms with Gasteiger partial charge in [-0.25, -0.2) is 17.6 Å². The van der Waals surface area contributed by atoms with Gasteiger partial charge in [-0.2, -0.15) is 5.26 Å². The number of aromatic nitrogens is 2. The summed E-state index contributed by atoms with van der Waals surface area (Å²) in [4.78, 5) is 37.3. The Balaban J connectivity index is 1.69. The van der Waals surface area contributed by atoms with E-state index in [-0.39, 0.29) is 18.9 Å². The lowest BCUT2D eigenvalue weighted by atomic mass is 10.1. The van der Waals surface area contributed by atoms with E-state index in [9.17, 15) is 27.2 Å². The zero-order valence-corrected chi connectivity index (χ0v) is 19.1. The topological polar surface area (TPSA) is 143 Å². The molecule has 0 spiro atoms. The fourth-order valence-electron chi connectivity index (χ4n) is 3.53. The van der Waals surface area contributed by atoms with Gasteiger partial charge in [-0.3, -0.25) is 18.7 Å². The first-order chi connectivity index (χ1) is 16.6. The van der Waals surface area contributed by atoms with Crippen LogP contribution >= 0.6 is 0 Å². The van der Waals surface area contributed by atoms with Gasteiger partial charge >= 0.3 is 5.69 Å². The van der Waals surface area contributed by atoms with Crippen LogP contribution in [0.4, 0.5) is 10.2 Å². The molecule has 1 aliphatic rings. The number of nitrogens with one attached hydrogen (secondary N) is 2. The third-order valence-corrected chi connectivity index (χ3v) is 7.21. The Morgan fingerprint density at radius 2 is 1.71 bits per heavy atom. The molecule has 0 atom stereocenters. The van der Waals surface area contributed by atoms with Gasteiger partial charge in [0.1, 0.15) is 11.6 Å². The third kappa shape index (κ3) is 4.36. The fraction of sp³-hybridized carbons (Fsp3) is 0.130. The summed E-state index contributed by atoms with van der Waals surface area (Å²) < 4.78 is 41.4. The standard InChI is InChI=1S/C23H18FN5O5S/c1-28-20-19(22(31)29(23(28)32)13-16-4-2-14(10-25)3-5-16)35(33,34)18(12-26-20)21(30)27-11-15-6-8-17(24)9-7-15/h2-9,12,26H,11,13H2,1H3,(H,27,30). The summed E-state index contributed by atoms with van der Waals surface area (Å²) in [5.74, 6) is -1.69. The number of halogens is 1. The van der Waals surface area contributed by atoms with E-state index >= 15 is 0 Å². The van der Waals surface area contributed by atoms with E-state index in [4.69, 9.17) is 5.26 Å². The van der Waals surface area contributed by atoms with Crippen molar-refractivity contribution in [2.24, 2.45) is 7.05 Å². The van der Waals surface area contributed by atoms with Gasteiger partial charge in [0.25, 0.3) is 11.5 Å². The number of hydrogen-bond acceptors (Lipinski definition) is 7. The smallest absolute Gasteiger partial charge is 0.332 e. The molecule has 0 bridgehead atoms. The molecule has 0 radical (unpaired) electrons. The Morgan fingerprint density at radius 3 is 2.34 bits per heavy atom. The molecule has 178 valence electrons. The van der Waals surface area contributed by atoms with Crippen LogP contribution in [0.25, 0.3) is 0 Å². The number of sulfone groups is 1. The molecule has 1 aromatic heterocycles. The summed E-state index contributed by atoms with van der Waals surface area (Å²) in [5.41, 5.74) is -0.436. The Bertz CT molecular complexity index is 1630. The number of amides is 1. The van der Waals surface area contributed by atoms with Crippen LogP contribution in [0.5, 0.6) is 0 Å². The van der Waals surface area contributed by atoms with Crippen molar-refractivity contribution in [1.29, 1.82) is 5.26 Å². The molecule has 0 aliphatic carbocycles. The SMILES string of the molecule is Cn1c2c(c(=O)n(Cc3ccc(C#N)cc3)c1=O)S(=O)(=O)C(C(=O)NCc1ccc(F)cc1)=CN2. The lowest BCUT2D eigenvalue weighted by Gasteiger charge is -2.21. The molecular formula is C23H18FN5O5S. The van der Waals surface area contributed by atoms with Gasteiger partial charge in [-0.1, -0.05) is 24.3 Å². The second-order valence-corrected chi connectivity index (χ2v) is 9.54. The quantitative estimate of drug-likeness (QED) is 0.537. The number of rotatable bonds is 5. The van der Waals surface area contributed by atoms with Crippen LogP contribution in [0.1, 0.15) is 16.7 Å². The monoisotopic (exact) mass is 495 g/mol. The number of anilines is 1. The van der Waals surface area contributed by atoms with Gasteiger partial charge in [0, 0.05) is 19.8 Å². The second-order valence-electron chi connectivity index (χ2n) is 7.68. The van der Waals surface area contributed by atoms with Gasteiger partial charge < -0.3 is 10.6 Å². The number of nitrogens with zero attached hydrogens (tertiary/aromatic N) is 3. The first-order valence-corrected chi connectivity index (χ1v) is 11.7. The average molecular weight is 495 g/mol. The molecule has 4 rings (SSSR count). The number of nitriles is 1. The first-order valence-electron chi connectivity index (χ1n) is 10.2. The average Bonchev–Trinajstić information content (AvgIpc) is 2.84. The highest BCUT2D eigenvalue weighted by Gasteiger charge is 2.37. The summed E-state index contributed by atoms with van der Waals surface area (Å²) in [5, 5.41) is 13.9. The molecule has 10 nitrogen and oxygen atoms in total. The third-order valence-electron chi connectivity index (χ3n) is 5.42. The highest BCUT2D eigenvalue weighted by Crippen LogP contribution is 2.27. The van der Waals surface area contributed by atoms with E-state index in [0.717, 1.165) is 15.3 Å². The highest BCUT2D eigenvalue weighted by molar-refractivity contribution is 7.96. The summed E-state index contributed by atoms with van der Waals surface area (Å²) in [6, 6.07) is 13.3. The molecule has 1 aliphatic heterocycles. The largest absolute Gasteiger partial charge is 0.347 e. The van der Waals surface area contributed by atoms with Crippen LogP contribution in [0.3, 0.4) is 0 Å². The number of carbonyl (C=O) groups excluding carboxylic acids is 1. The zero-order chi connectivity index (χ0) is 25.3. The van der Waals surface area contributed by atoms with Gasteiger partial charge in [0.15, 0.2) is 9.80 Å². The van der Waals surface area contributed by atoms with E-state index in [0.29, 0.717) is 16.7 Å². The molecule has 0 saturated carbocycles. The summed E-state index contributed by atoms with van der Waals surface area (Å²) in [7, 11) is -3.30. The van der Waals surface area contributed by atoms with Gasteiger partial charge in [-0.05, 0) is 35.4 Å². The lowest BCUT2D eigenvalue weighted by molar-refractivity contribution is -0.117. The minimum Gasteiger partial charge on any atom is -0.347 e. The zero-order valence-electron chi connectivity index (χ0n) is 18.3. The first kappa shape index (κ1) is 23.7. The predicted octanol–water partition coefficient (Wildman–Crippen LogP) is 0.963. The van der Waals surface area contributed by atoms with Crippen molar-refractivity contribution in [3.05, 3.63) is 103 Å². The fourth-order valence-corrected chi connectivity index (χ4v) is 5.07. The van der Waals surface area contributed by atoms with E-state index in [1.807, 2.05) is 6.07 Å². The maximum atomic E-state index is 13.3. The normalized spacial score (nSPS) is 13.7. The molecule has 1 amide bonds. The van der Waals surface area contributed by atoms with Gasteiger partial charge in [-0.15, -0.1) is 0 Å². The maximum absolute atomic E-state index is 13.3. The number of fused-ring (bicyclic) bond motifs is 1. The van der Waals surface area contributed by atoms with Crippen LogP contribution in [0.2, 0.25) is 0 Å². The van der Waals surface area contributed by atoms with Gasteiger partial charge in [0.2, 0.25) is 9.84 Å². The van der Waals surface area contributed by atoms with Crippen LogP contribution < -0.4 is 21.9 Å². The van der Waals surface area contributed by atoms with Crippen molar-refractivity contribution in [2.45, 2.75) is 18.0 Å². The van der Waals surface area contributed by atoms with Crippen LogP contribution in [0, 0.1) is 17.1 Å². The molecule has 2 aromatic carbocycles. The predicted molar refractivity (Wildman–Crippen MR) is 123 cm³/mol. The van der Waals surface area contributed by atoms with E-state index < -0.39 is 42.6 Å². The van der Waals surface area contributed by atoms with Crippen LogP contribution in [-0.2, 0) is 34.8 Å². The molecule has 2 N–H and O–H groups in total. The summed E-state index contributed by atoms with van der Waals surface area (Å²) in [6.45, 7) is -0.315. The minimum absolute atomic E-state index is 0.0744. The van der Waals surface area contributed by atoms with Crippen molar-refractivity contribution in [2.75, 3.05) is 5.32 Å². The van der Waals surface area contributed by atoms with E-state index in [1.54, 1.807) is 12.1 Å². The molecule has 0 saturated heterocycles. The summed E-state index contributed by atoms with van der Waals surface area (Å²) >= 11 is 0. The Hall–Kier alpha value is -4.50. The molecule has 35 heavy (non-hydrogen) atoms. The Kier molecular flexibility index (Phi) is 6.10. The Labute approximate surface area is 198 Å².